The van der Waals surface area contributed by atoms with Crippen LogP contribution >= 0.6 is 0 Å². The molecule has 2 aromatic heterocycles. The van der Waals surface area contributed by atoms with Gasteiger partial charge in [-0.05, 0) is 44.7 Å². The van der Waals surface area contributed by atoms with Crippen molar-refractivity contribution in [2.45, 2.75) is 32.6 Å². The molecule has 0 bridgehead atoms. The number of nitrogens with two attached hydrogens (primary N) is 1. The summed E-state index contributed by atoms with van der Waals surface area (Å²) in [6, 6.07) is 3.82. The third-order valence-electron chi connectivity index (χ3n) is 3.20. The van der Waals surface area contributed by atoms with Crippen LogP contribution in [0.1, 0.15) is 29.8 Å². The molecule has 88 valence electrons. The Morgan fingerprint density at radius 1 is 1.18 bits per heavy atom. The zero-order valence-corrected chi connectivity index (χ0v) is 9.85. The second kappa shape index (κ2) is 3.84. The summed E-state index contributed by atoms with van der Waals surface area (Å²) in [7, 11) is 0. The fourth-order valence-corrected chi connectivity index (χ4v) is 2.26. The van der Waals surface area contributed by atoms with Crippen LogP contribution in [0, 0.1) is 6.92 Å². The molecule has 0 spiro atoms. The van der Waals surface area contributed by atoms with E-state index >= 15 is 0 Å². The van der Waals surface area contributed by atoms with Gasteiger partial charge in [-0.2, -0.15) is 14.9 Å². The van der Waals surface area contributed by atoms with Gasteiger partial charge in [-0.25, -0.2) is 0 Å². The van der Waals surface area contributed by atoms with Crippen LogP contribution in [0.4, 0.5) is 5.82 Å². The maximum Gasteiger partial charge on any atom is 0.178 e. The fourth-order valence-electron chi connectivity index (χ4n) is 2.26. The molecular formula is C12H15N5. The quantitative estimate of drug-likeness (QED) is 0.803. The Bertz CT molecular complexity index is 541. The Labute approximate surface area is 99.7 Å². The van der Waals surface area contributed by atoms with Crippen molar-refractivity contribution in [3.63, 3.8) is 0 Å². The second-order valence-corrected chi connectivity index (χ2v) is 4.46. The van der Waals surface area contributed by atoms with E-state index in [9.17, 15) is 0 Å². The Morgan fingerprint density at radius 3 is 2.71 bits per heavy atom. The second-order valence-electron chi connectivity index (χ2n) is 4.46. The predicted octanol–water partition coefficient (Wildman–Crippen LogP) is 1.43. The highest BCUT2D eigenvalue weighted by Crippen LogP contribution is 2.27. The van der Waals surface area contributed by atoms with E-state index in [1.165, 1.54) is 18.4 Å². The predicted molar refractivity (Wildman–Crippen MR) is 64.9 cm³/mol. The highest BCUT2D eigenvalue weighted by Gasteiger charge is 2.19. The molecule has 5 nitrogen and oxygen atoms in total. The van der Waals surface area contributed by atoms with E-state index in [4.69, 9.17) is 5.73 Å². The molecule has 0 radical (unpaired) electrons. The number of nitrogen functional groups attached to an aromatic ring is 1. The molecule has 0 amide bonds. The summed E-state index contributed by atoms with van der Waals surface area (Å²) in [6.07, 6.45) is 4.44. The summed E-state index contributed by atoms with van der Waals surface area (Å²) in [6.45, 7) is 1.91. The zero-order valence-electron chi connectivity index (χ0n) is 9.85. The number of fused-ring (bicyclic) bond motifs is 1. The number of rotatable bonds is 1. The summed E-state index contributed by atoms with van der Waals surface area (Å²) < 4.78 is 1.71. The first kappa shape index (κ1) is 10.3. The molecule has 17 heavy (non-hydrogen) atoms. The molecule has 1 aliphatic rings. The molecule has 0 fully saturated rings. The topological polar surface area (TPSA) is 69.6 Å². The fraction of sp³-hybridized carbons (Fsp3) is 0.417. The molecule has 5 heteroatoms. The van der Waals surface area contributed by atoms with Crippen LogP contribution in [0.2, 0.25) is 0 Å². The lowest BCUT2D eigenvalue weighted by atomic mass is 9.98. The number of aromatic nitrogens is 4. The molecule has 0 unspecified atom stereocenters. The molecule has 0 saturated heterocycles. The van der Waals surface area contributed by atoms with Crippen LogP contribution < -0.4 is 5.73 Å². The summed E-state index contributed by atoms with van der Waals surface area (Å²) >= 11 is 0. The maximum atomic E-state index is 6.13. The average Bonchev–Trinajstić information content (AvgIpc) is 2.69. The highest BCUT2D eigenvalue weighted by atomic mass is 15.4. The lowest BCUT2D eigenvalue weighted by Crippen LogP contribution is -2.06. The van der Waals surface area contributed by atoms with Gasteiger partial charge in [-0.3, -0.25) is 0 Å². The highest BCUT2D eigenvalue weighted by molar-refractivity contribution is 5.49. The molecular weight excluding hydrogens is 214 g/mol. The Kier molecular flexibility index (Phi) is 2.31. The summed E-state index contributed by atoms with van der Waals surface area (Å²) in [5.41, 5.74) is 9.33. The van der Waals surface area contributed by atoms with E-state index in [1.54, 1.807) is 4.68 Å². The van der Waals surface area contributed by atoms with Crippen molar-refractivity contribution in [3.8, 4) is 5.82 Å². The van der Waals surface area contributed by atoms with Crippen LogP contribution in [0.15, 0.2) is 12.1 Å². The molecule has 0 aromatic carbocycles. The van der Waals surface area contributed by atoms with Crippen molar-refractivity contribution in [3.05, 3.63) is 29.1 Å². The van der Waals surface area contributed by atoms with Gasteiger partial charge in [0.1, 0.15) is 5.82 Å². The largest absolute Gasteiger partial charge is 0.383 e. The van der Waals surface area contributed by atoms with Crippen molar-refractivity contribution in [2.75, 3.05) is 5.73 Å². The molecule has 0 aliphatic heterocycles. The van der Waals surface area contributed by atoms with Gasteiger partial charge in [0.2, 0.25) is 0 Å². The molecule has 2 aromatic rings. The maximum absolute atomic E-state index is 6.13. The third kappa shape index (κ3) is 1.67. The summed E-state index contributed by atoms with van der Waals surface area (Å²) in [5, 5.41) is 12.7. The van der Waals surface area contributed by atoms with Gasteiger partial charge in [-0.15, -0.1) is 5.10 Å². The van der Waals surface area contributed by atoms with Crippen molar-refractivity contribution >= 4 is 5.82 Å². The molecule has 2 heterocycles. The van der Waals surface area contributed by atoms with E-state index in [-0.39, 0.29) is 0 Å². The standard InChI is InChI=1S/C12H15N5/c1-8-6-7-11(15-14-8)17-12(13)9-4-2-3-5-10(9)16-17/h6-7H,2-5,13H2,1H3. The van der Waals surface area contributed by atoms with E-state index in [0.717, 1.165) is 30.0 Å². The molecule has 1 aliphatic carbocycles. The van der Waals surface area contributed by atoms with Gasteiger partial charge in [0.15, 0.2) is 5.82 Å². The van der Waals surface area contributed by atoms with Crippen LogP contribution in [-0.2, 0) is 12.8 Å². The Hall–Kier alpha value is -1.91. The molecule has 2 N–H and O–H groups in total. The average molecular weight is 229 g/mol. The minimum Gasteiger partial charge on any atom is -0.383 e. The van der Waals surface area contributed by atoms with E-state index in [1.807, 2.05) is 19.1 Å². The first-order valence-electron chi connectivity index (χ1n) is 5.92. The Balaban J connectivity index is 2.09. The van der Waals surface area contributed by atoms with E-state index in [0.29, 0.717) is 5.82 Å². The zero-order chi connectivity index (χ0) is 11.8. The SMILES string of the molecule is Cc1ccc(-n2nc3c(c2N)CCCC3)nn1. The van der Waals surface area contributed by atoms with Gasteiger partial charge in [0, 0.05) is 5.56 Å². The van der Waals surface area contributed by atoms with Gasteiger partial charge >= 0.3 is 0 Å². The molecule has 3 rings (SSSR count). The Morgan fingerprint density at radius 2 is 2.00 bits per heavy atom. The number of aryl methyl sites for hydroxylation is 2. The van der Waals surface area contributed by atoms with Crippen LogP contribution in [0.3, 0.4) is 0 Å². The normalized spacial score (nSPS) is 14.6. The van der Waals surface area contributed by atoms with Crippen molar-refractivity contribution in [2.24, 2.45) is 0 Å². The van der Waals surface area contributed by atoms with Crippen LogP contribution in [-0.4, -0.2) is 20.0 Å². The first-order valence-corrected chi connectivity index (χ1v) is 5.92. The van der Waals surface area contributed by atoms with Crippen LogP contribution in [0.25, 0.3) is 5.82 Å². The lowest BCUT2D eigenvalue weighted by molar-refractivity contribution is 0.669. The third-order valence-corrected chi connectivity index (χ3v) is 3.20. The van der Waals surface area contributed by atoms with Gasteiger partial charge in [0.05, 0.1) is 11.4 Å². The number of nitrogens with zero attached hydrogens (tertiary/aromatic N) is 4. The van der Waals surface area contributed by atoms with Crippen LogP contribution in [0.5, 0.6) is 0 Å². The van der Waals surface area contributed by atoms with Crippen molar-refractivity contribution in [1.82, 2.24) is 20.0 Å². The lowest BCUT2D eigenvalue weighted by Gasteiger charge is -2.08. The monoisotopic (exact) mass is 229 g/mol. The summed E-state index contributed by atoms with van der Waals surface area (Å²) in [4.78, 5) is 0. The van der Waals surface area contributed by atoms with Crippen molar-refractivity contribution in [1.29, 1.82) is 0 Å². The van der Waals surface area contributed by atoms with Gasteiger partial charge in [0.25, 0.3) is 0 Å². The smallest absolute Gasteiger partial charge is 0.178 e. The molecule has 0 atom stereocenters. The van der Waals surface area contributed by atoms with Crippen molar-refractivity contribution < 1.29 is 0 Å². The minimum absolute atomic E-state index is 0.697. The minimum atomic E-state index is 0.697. The van der Waals surface area contributed by atoms with Gasteiger partial charge in [-0.1, -0.05) is 0 Å². The number of hydrogen-bond acceptors (Lipinski definition) is 4. The number of anilines is 1. The summed E-state index contributed by atoms with van der Waals surface area (Å²) in [5.74, 6) is 1.42. The van der Waals surface area contributed by atoms with E-state index in [2.05, 4.69) is 15.3 Å². The van der Waals surface area contributed by atoms with Gasteiger partial charge < -0.3 is 5.73 Å². The number of hydrogen-bond donors (Lipinski definition) is 1. The molecule has 0 saturated carbocycles. The first-order chi connectivity index (χ1) is 8.25. The van der Waals surface area contributed by atoms with E-state index < -0.39 is 0 Å².